The lowest BCUT2D eigenvalue weighted by Gasteiger charge is -2.28. The molecular weight excluding hydrogens is 375 g/mol. The number of carboxylic acids is 1. The molecule has 3 rings (SSSR count). The van der Waals surface area contributed by atoms with Crippen molar-refractivity contribution in [2.75, 3.05) is 11.1 Å². The molecule has 1 saturated heterocycles. The molecule has 2 amide bonds. The fraction of sp³-hybridized carbons (Fsp3) is 0.294. The summed E-state index contributed by atoms with van der Waals surface area (Å²) in [6.45, 7) is -0.316. The third-order valence-corrected chi connectivity index (χ3v) is 5.25. The average molecular weight is 392 g/mol. The molecule has 0 aliphatic carbocycles. The lowest BCUT2D eigenvalue weighted by atomic mass is 10.1. The van der Waals surface area contributed by atoms with Crippen LogP contribution in [-0.2, 0) is 27.3 Å². The SMILES string of the molecule is O=C(O)Cn1ccc(NC(=O)C2CSC(Cc3ccccc3F)C(=O)N2)n1. The van der Waals surface area contributed by atoms with E-state index in [4.69, 9.17) is 5.11 Å². The maximum Gasteiger partial charge on any atom is 0.325 e. The second kappa shape index (κ2) is 8.21. The van der Waals surface area contributed by atoms with Crippen LogP contribution in [0.5, 0.6) is 0 Å². The van der Waals surface area contributed by atoms with Gasteiger partial charge >= 0.3 is 5.97 Å². The Morgan fingerprint density at radius 1 is 1.37 bits per heavy atom. The molecule has 1 fully saturated rings. The molecule has 0 radical (unpaired) electrons. The quantitative estimate of drug-likeness (QED) is 0.673. The summed E-state index contributed by atoms with van der Waals surface area (Å²) >= 11 is 1.29. The van der Waals surface area contributed by atoms with Crippen molar-refractivity contribution in [3.05, 3.63) is 47.9 Å². The summed E-state index contributed by atoms with van der Waals surface area (Å²) in [5, 5.41) is 17.4. The number of aromatic nitrogens is 2. The molecule has 2 unspecified atom stereocenters. The smallest absolute Gasteiger partial charge is 0.325 e. The zero-order chi connectivity index (χ0) is 19.4. The largest absolute Gasteiger partial charge is 0.480 e. The van der Waals surface area contributed by atoms with Crippen molar-refractivity contribution in [1.82, 2.24) is 15.1 Å². The van der Waals surface area contributed by atoms with Gasteiger partial charge in [-0.15, -0.1) is 11.8 Å². The Morgan fingerprint density at radius 2 is 2.15 bits per heavy atom. The number of halogens is 1. The van der Waals surface area contributed by atoms with Crippen molar-refractivity contribution in [3.8, 4) is 0 Å². The van der Waals surface area contributed by atoms with Crippen LogP contribution in [0.4, 0.5) is 10.2 Å². The van der Waals surface area contributed by atoms with E-state index in [2.05, 4.69) is 15.7 Å². The topological polar surface area (TPSA) is 113 Å². The number of amides is 2. The standard InChI is InChI=1S/C17H17FN4O4S/c18-11-4-2-1-3-10(11)7-13-17(26)19-12(9-27-13)16(25)20-14-5-6-22(21-14)8-15(23)24/h1-6,12-13H,7-9H2,(H,19,26)(H,23,24)(H,20,21,25). The molecule has 10 heteroatoms. The molecule has 1 aromatic heterocycles. The van der Waals surface area contributed by atoms with E-state index in [1.807, 2.05) is 0 Å². The highest BCUT2D eigenvalue weighted by molar-refractivity contribution is 8.00. The predicted molar refractivity (Wildman–Crippen MR) is 96.8 cm³/mol. The summed E-state index contributed by atoms with van der Waals surface area (Å²) in [7, 11) is 0. The van der Waals surface area contributed by atoms with Gasteiger partial charge in [0.2, 0.25) is 11.8 Å². The Labute approximate surface area is 158 Å². The van der Waals surface area contributed by atoms with Crippen LogP contribution in [-0.4, -0.2) is 49.7 Å². The molecule has 0 saturated carbocycles. The van der Waals surface area contributed by atoms with Crippen LogP contribution in [0.3, 0.4) is 0 Å². The zero-order valence-electron chi connectivity index (χ0n) is 14.1. The van der Waals surface area contributed by atoms with Gasteiger partial charge in [-0.2, -0.15) is 5.10 Å². The molecule has 1 aliphatic heterocycles. The van der Waals surface area contributed by atoms with Crippen LogP contribution < -0.4 is 10.6 Å². The lowest BCUT2D eigenvalue weighted by molar-refractivity contribution is -0.137. The van der Waals surface area contributed by atoms with Gasteiger partial charge in [-0.1, -0.05) is 18.2 Å². The molecule has 2 atom stereocenters. The first-order chi connectivity index (χ1) is 12.9. The molecule has 1 aromatic carbocycles. The Balaban J connectivity index is 1.55. The van der Waals surface area contributed by atoms with Crippen LogP contribution in [0.2, 0.25) is 0 Å². The Morgan fingerprint density at radius 3 is 2.85 bits per heavy atom. The van der Waals surface area contributed by atoms with Gasteiger partial charge in [0.15, 0.2) is 5.82 Å². The number of rotatable bonds is 6. The number of anilines is 1. The second-order valence-corrected chi connectivity index (χ2v) is 7.20. The first kappa shape index (κ1) is 18.9. The first-order valence-corrected chi connectivity index (χ1v) is 9.19. The number of aliphatic carboxylic acids is 1. The molecule has 2 heterocycles. The zero-order valence-corrected chi connectivity index (χ0v) is 14.9. The van der Waals surface area contributed by atoms with Crippen LogP contribution in [0.15, 0.2) is 36.5 Å². The van der Waals surface area contributed by atoms with Gasteiger partial charge in [-0.3, -0.25) is 19.1 Å². The van der Waals surface area contributed by atoms with E-state index in [1.165, 1.54) is 34.8 Å². The minimum atomic E-state index is -1.05. The van der Waals surface area contributed by atoms with E-state index in [-0.39, 0.29) is 30.5 Å². The van der Waals surface area contributed by atoms with E-state index in [0.717, 1.165) is 0 Å². The molecule has 0 bridgehead atoms. The number of thioether (sulfide) groups is 1. The van der Waals surface area contributed by atoms with E-state index >= 15 is 0 Å². The van der Waals surface area contributed by atoms with E-state index in [1.54, 1.807) is 18.2 Å². The average Bonchev–Trinajstić information content (AvgIpc) is 3.04. The highest BCUT2D eigenvalue weighted by Crippen LogP contribution is 2.23. The van der Waals surface area contributed by atoms with Crippen LogP contribution in [0.25, 0.3) is 0 Å². The van der Waals surface area contributed by atoms with Crippen LogP contribution >= 0.6 is 11.8 Å². The van der Waals surface area contributed by atoms with Crippen LogP contribution in [0.1, 0.15) is 5.56 Å². The summed E-state index contributed by atoms with van der Waals surface area (Å²) in [6, 6.07) is 7.01. The normalized spacial score (nSPS) is 19.4. The fourth-order valence-corrected chi connectivity index (χ4v) is 3.80. The van der Waals surface area contributed by atoms with Crippen molar-refractivity contribution in [3.63, 3.8) is 0 Å². The molecule has 8 nitrogen and oxygen atoms in total. The Bertz CT molecular complexity index is 872. The third-order valence-electron chi connectivity index (χ3n) is 3.94. The van der Waals surface area contributed by atoms with Gasteiger partial charge in [-0.25, -0.2) is 4.39 Å². The lowest BCUT2D eigenvalue weighted by Crippen LogP contribution is -2.52. The number of carbonyl (C=O) groups is 3. The summed E-state index contributed by atoms with van der Waals surface area (Å²) in [5.41, 5.74) is 0.456. The highest BCUT2D eigenvalue weighted by atomic mass is 32.2. The van der Waals surface area contributed by atoms with Gasteiger partial charge in [0.25, 0.3) is 0 Å². The number of benzene rings is 1. The van der Waals surface area contributed by atoms with Crippen molar-refractivity contribution < 1.29 is 23.9 Å². The molecule has 142 valence electrons. The van der Waals surface area contributed by atoms with Gasteiger partial charge in [-0.05, 0) is 18.1 Å². The molecule has 3 N–H and O–H groups in total. The Kier molecular flexibility index (Phi) is 5.75. The number of hydrogen-bond donors (Lipinski definition) is 3. The number of carboxylic acid groups (broad SMARTS) is 1. The van der Waals surface area contributed by atoms with Crippen molar-refractivity contribution in [2.45, 2.75) is 24.3 Å². The molecule has 2 aromatic rings. The number of nitrogens with one attached hydrogen (secondary N) is 2. The Hall–Kier alpha value is -2.88. The van der Waals surface area contributed by atoms with E-state index < -0.39 is 23.2 Å². The fourth-order valence-electron chi connectivity index (χ4n) is 2.62. The van der Waals surface area contributed by atoms with Gasteiger partial charge in [0, 0.05) is 18.0 Å². The number of carbonyl (C=O) groups excluding carboxylic acids is 2. The second-order valence-electron chi connectivity index (χ2n) is 5.96. The van der Waals surface area contributed by atoms with Gasteiger partial charge in [0.05, 0.1) is 5.25 Å². The molecule has 1 aliphatic rings. The van der Waals surface area contributed by atoms with Crippen molar-refractivity contribution in [1.29, 1.82) is 0 Å². The summed E-state index contributed by atoms with van der Waals surface area (Å²) < 4.78 is 14.9. The van der Waals surface area contributed by atoms with Gasteiger partial charge < -0.3 is 15.7 Å². The highest BCUT2D eigenvalue weighted by Gasteiger charge is 2.33. The van der Waals surface area contributed by atoms with Crippen LogP contribution in [0, 0.1) is 5.82 Å². The van der Waals surface area contributed by atoms with E-state index in [9.17, 15) is 18.8 Å². The van der Waals surface area contributed by atoms with Crippen molar-refractivity contribution >= 4 is 35.4 Å². The summed E-state index contributed by atoms with van der Waals surface area (Å²) in [6.07, 6.45) is 1.68. The number of hydrogen-bond acceptors (Lipinski definition) is 5. The molecular formula is C17H17FN4O4S. The predicted octanol–water partition coefficient (Wildman–Crippen LogP) is 0.888. The maximum absolute atomic E-state index is 13.7. The summed E-state index contributed by atoms with van der Waals surface area (Å²) in [4.78, 5) is 35.2. The van der Waals surface area contributed by atoms with E-state index in [0.29, 0.717) is 11.3 Å². The minimum Gasteiger partial charge on any atom is -0.480 e. The number of nitrogens with zero attached hydrogens (tertiary/aromatic N) is 2. The molecule has 0 spiro atoms. The van der Waals surface area contributed by atoms with Gasteiger partial charge in [0.1, 0.15) is 18.4 Å². The maximum atomic E-state index is 13.7. The monoisotopic (exact) mass is 392 g/mol. The molecule has 27 heavy (non-hydrogen) atoms. The third kappa shape index (κ3) is 4.85. The van der Waals surface area contributed by atoms with Crippen molar-refractivity contribution in [2.24, 2.45) is 0 Å². The first-order valence-electron chi connectivity index (χ1n) is 8.14. The minimum absolute atomic E-state index is 0.203. The summed E-state index contributed by atoms with van der Waals surface area (Å²) in [5.74, 6) is -1.64.